The van der Waals surface area contributed by atoms with Crippen molar-refractivity contribution in [1.29, 1.82) is 0 Å². The molecule has 1 aliphatic carbocycles. The van der Waals surface area contributed by atoms with Crippen LogP contribution in [0.4, 0.5) is 11.5 Å². The number of carbonyl (C=O) groups excluding carboxylic acids is 1. The van der Waals surface area contributed by atoms with E-state index in [1.54, 1.807) is 25.1 Å². The molecule has 138 valence electrons. The van der Waals surface area contributed by atoms with Gasteiger partial charge >= 0.3 is 0 Å². The van der Waals surface area contributed by atoms with Crippen molar-refractivity contribution >= 4 is 17.4 Å². The van der Waals surface area contributed by atoms with Crippen LogP contribution in [0.2, 0.25) is 0 Å². The Labute approximate surface area is 151 Å². The number of rotatable bonds is 7. The molecule has 3 rings (SSSR count). The third-order valence-electron chi connectivity index (χ3n) is 3.92. The van der Waals surface area contributed by atoms with Gasteiger partial charge in [0.1, 0.15) is 17.3 Å². The van der Waals surface area contributed by atoms with E-state index in [9.17, 15) is 4.79 Å². The number of methoxy groups -OCH3 is 3. The molecule has 1 amide bonds. The summed E-state index contributed by atoms with van der Waals surface area (Å²) in [4.78, 5) is 21.2. The van der Waals surface area contributed by atoms with E-state index in [1.165, 1.54) is 21.3 Å². The van der Waals surface area contributed by atoms with Crippen LogP contribution < -0.4 is 24.8 Å². The number of aromatic nitrogens is 2. The molecule has 0 spiro atoms. The molecule has 0 unspecified atom stereocenters. The fourth-order valence-corrected chi connectivity index (χ4v) is 2.54. The van der Waals surface area contributed by atoms with E-state index in [4.69, 9.17) is 14.2 Å². The number of hydrogen-bond donors (Lipinski definition) is 2. The number of benzene rings is 1. The van der Waals surface area contributed by atoms with Gasteiger partial charge in [-0.2, -0.15) is 0 Å². The van der Waals surface area contributed by atoms with E-state index in [-0.39, 0.29) is 11.6 Å². The number of anilines is 2. The highest BCUT2D eigenvalue weighted by molar-refractivity contribution is 6.03. The molecule has 0 atom stereocenters. The van der Waals surface area contributed by atoms with Crippen molar-refractivity contribution in [2.45, 2.75) is 25.8 Å². The molecule has 0 saturated heterocycles. The first kappa shape index (κ1) is 17.8. The summed E-state index contributed by atoms with van der Waals surface area (Å²) in [7, 11) is 4.57. The number of hydrogen-bond acceptors (Lipinski definition) is 7. The van der Waals surface area contributed by atoms with Crippen molar-refractivity contribution in [2.75, 3.05) is 32.0 Å². The normalized spacial score (nSPS) is 13.1. The van der Waals surface area contributed by atoms with Crippen LogP contribution in [-0.4, -0.2) is 43.2 Å². The molecule has 2 aromatic rings. The van der Waals surface area contributed by atoms with Gasteiger partial charge in [-0.1, -0.05) is 0 Å². The van der Waals surface area contributed by atoms with E-state index in [1.807, 2.05) is 0 Å². The molecule has 1 heterocycles. The van der Waals surface area contributed by atoms with Crippen molar-refractivity contribution in [3.63, 3.8) is 0 Å². The Morgan fingerprint density at radius 1 is 1.04 bits per heavy atom. The average Bonchev–Trinajstić information content (AvgIpc) is 3.44. The summed E-state index contributed by atoms with van der Waals surface area (Å²) < 4.78 is 15.9. The Kier molecular flexibility index (Phi) is 5.11. The van der Waals surface area contributed by atoms with Crippen LogP contribution in [0.3, 0.4) is 0 Å². The maximum Gasteiger partial charge on any atom is 0.274 e. The van der Waals surface area contributed by atoms with Gasteiger partial charge in [0.2, 0.25) is 5.75 Å². The Balaban J connectivity index is 1.84. The molecule has 0 aliphatic heterocycles. The van der Waals surface area contributed by atoms with E-state index in [2.05, 4.69) is 20.6 Å². The van der Waals surface area contributed by atoms with Gasteiger partial charge in [0.15, 0.2) is 11.5 Å². The number of nitrogens with one attached hydrogen (secondary N) is 2. The molecular weight excluding hydrogens is 336 g/mol. The highest BCUT2D eigenvalue weighted by atomic mass is 16.5. The Morgan fingerprint density at radius 3 is 2.23 bits per heavy atom. The van der Waals surface area contributed by atoms with Gasteiger partial charge in [-0.05, 0) is 19.8 Å². The minimum Gasteiger partial charge on any atom is -0.493 e. The standard InChI is InChI=1S/C18H22N4O4/c1-10-19-13(9-16(20-10)21-11-5-6-11)18(23)22-12-7-14(24-2)17(26-4)15(8-12)25-3/h7-9,11H,5-6H2,1-4H3,(H,22,23)(H,19,20,21). The minimum atomic E-state index is -0.344. The third kappa shape index (κ3) is 3.96. The van der Waals surface area contributed by atoms with Gasteiger partial charge in [-0.25, -0.2) is 9.97 Å². The van der Waals surface area contributed by atoms with Crippen LogP contribution >= 0.6 is 0 Å². The molecule has 1 aliphatic rings. The zero-order chi connectivity index (χ0) is 18.7. The van der Waals surface area contributed by atoms with Crippen LogP contribution in [-0.2, 0) is 0 Å². The predicted molar refractivity (Wildman–Crippen MR) is 97.5 cm³/mol. The number of carbonyl (C=O) groups is 1. The van der Waals surface area contributed by atoms with Crippen LogP contribution in [0, 0.1) is 6.92 Å². The number of nitrogens with zero attached hydrogens (tertiary/aromatic N) is 2. The Bertz CT molecular complexity index is 796. The first-order valence-electron chi connectivity index (χ1n) is 8.27. The summed E-state index contributed by atoms with van der Waals surface area (Å²) in [5, 5.41) is 6.09. The highest BCUT2D eigenvalue weighted by Crippen LogP contribution is 2.40. The van der Waals surface area contributed by atoms with Crippen molar-refractivity contribution < 1.29 is 19.0 Å². The van der Waals surface area contributed by atoms with Gasteiger partial charge in [0.25, 0.3) is 5.91 Å². The number of ether oxygens (including phenoxy) is 3. The lowest BCUT2D eigenvalue weighted by atomic mass is 10.2. The molecule has 8 nitrogen and oxygen atoms in total. The molecular formula is C18H22N4O4. The van der Waals surface area contributed by atoms with Gasteiger partial charge in [0, 0.05) is 29.9 Å². The topological polar surface area (TPSA) is 94.6 Å². The molecule has 26 heavy (non-hydrogen) atoms. The Morgan fingerprint density at radius 2 is 1.69 bits per heavy atom. The van der Waals surface area contributed by atoms with Crippen LogP contribution in [0.25, 0.3) is 0 Å². The minimum absolute atomic E-state index is 0.286. The monoisotopic (exact) mass is 358 g/mol. The molecule has 1 aromatic carbocycles. The molecule has 8 heteroatoms. The second-order valence-corrected chi connectivity index (χ2v) is 5.97. The maximum atomic E-state index is 12.6. The van der Waals surface area contributed by atoms with E-state index in [0.29, 0.717) is 40.6 Å². The van der Waals surface area contributed by atoms with Crippen LogP contribution in [0.5, 0.6) is 17.2 Å². The lowest BCUT2D eigenvalue weighted by molar-refractivity contribution is 0.102. The quantitative estimate of drug-likeness (QED) is 0.785. The molecule has 1 aromatic heterocycles. The smallest absolute Gasteiger partial charge is 0.274 e. The fraction of sp³-hybridized carbons (Fsp3) is 0.389. The summed E-state index contributed by atoms with van der Waals surface area (Å²) in [5.74, 6) is 2.22. The van der Waals surface area contributed by atoms with Crippen molar-refractivity contribution in [3.05, 3.63) is 29.7 Å². The zero-order valence-electron chi connectivity index (χ0n) is 15.3. The summed E-state index contributed by atoms with van der Waals surface area (Å²) in [6, 6.07) is 5.42. The van der Waals surface area contributed by atoms with Crippen molar-refractivity contribution in [1.82, 2.24) is 9.97 Å². The van der Waals surface area contributed by atoms with Crippen molar-refractivity contribution in [2.24, 2.45) is 0 Å². The average molecular weight is 358 g/mol. The predicted octanol–water partition coefficient (Wildman–Crippen LogP) is 2.64. The van der Waals surface area contributed by atoms with E-state index >= 15 is 0 Å². The van der Waals surface area contributed by atoms with E-state index < -0.39 is 0 Å². The molecule has 0 radical (unpaired) electrons. The first-order valence-corrected chi connectivity index (χ1v) is 8.27. The van der Waals surface area contributed by atoms with E-state index in [0.717, 1.165) is 12.8 Å². The Hall–Kier alpha value is -3.03. The van der Waals surface area contributed by atoms with Gasteiger partial charge < -0.3 is 24.8 Å². The molecule has 1 fully saturated rings. The molecule has 0 bridgehead atoms. The summed E-state index contributed by atoms with van der Waals surface area (Å²) in [5.41, 5.74) is 0.798. The van der Waals surface area contributed by atoms with Gasteiger partial charge in [-0.15, -0.1) is 0 Å². The fourth-order valence-electron chi connectivity index (χ4n) is 2.54. The largest absolute Gasteiger partial charge is 0.493 e. The zero-order valence-corrected chi connectivity index (χ0v) is 15.3. The first-order chi connectivity index (χ1) is 12.5. The maximum absolute atomic E-state index is 12.6. The SMILES string of the molecule is COc1cc(NC(=O)c2cc(NC3CC3)nc(C)n2)cc(OC)c1OC. The molecule has 1 saturated carbocycles. The summed E-state index contributed by atoms with van der Waals surface area (Å²) >= 11 is 0. The second-order valence-electron chi connectivity index (χ2n) is 5.97. The lowest BCUT2D eigenvalue weighted by Gasteiger charge is -2.14. The number of aryl methyl sites for hydroxylation is 1. The van der Waals surface area contributed by atoms with Crippen molar-refractivity contribution in [3.8, 4) is 17.2 Å². The van der Waals surface area contributed by atoms with Crippen LogP contribution in [0.1, 0.15) is 29.2 Å². The highest BCUT2D eigenvalue weighted by Gasteiger charge is 2.22. The molecule has 2 N–H and O–H groups in total. The van der Waals surface area contributed by atoms with Crippen LogP contribution in [0.15, 0.2) is 18.2 Å². The third-order valence-corrected chi connectivity index (χ3v) is 3.92. The number of amides is 1. The van der Waals surface area contributed by atoms with Gasteiger partial charge in [-0.3, -0.25) is 4.79 Å². The van der Waals surface area contributed by atoms with Gasteiger partial charge in [0.05, 0.1) is 21.3 Å². The second kappa shape index (κ2) is 7.47. The lowest BCUT2D eigenvalue weighted by Crippen LogP contribution is -2.16. The summed E-state index contributed by atoms with van der Waals surface area (Å²) in [6.07, 6.45) is 2.24. The summed E-state index contributed by atoms with van der Waals surface area (Å²) in [6.45, 7) is 1.76.